The fourth-order valence-electron chi connectivity index (χ4n) is 2.91. The summed E-state index contributed by atoms with van der Waals surface area (Å²) in [6.07, 6.45) is 2.30. The molecule has 0 spiro atoms. The molecular formula is C19H28N2O5. The first-order chi connectivity index (χ1) is 12.6. The zero-order chi connectivity index (χ0) is 18.8. The summed E-state index contributed by atoms with van der Waals surface area (Å²) in [7, 11) is 2.97. The van der Waals surface area contributed by atoms with Crippen molar-refractivity contribution in [2.45, 2.75) is 37.8 Å². The minimum absolute atomic E-state index is 0.0652. The van der Waals surface area contributed by atoms with Crippen molar-refractivity contribution in [1.29, 1.82) is 0 Å². The van der Waals surface area contributed by atoms with Gasteiger partial charge in [-0.2, -0.15) is 0 Å². The summed E-state index contributed by atoms with van der Waals surface area (Å²) < 4.78 is 15.7. The number of piperidine rings is 1. The van der Waals surface area contributed by atoms with Gasteiger partial charge in [-0.15, -0.1) is 0 Å². The SMILES string of the molecule is COC(=O)CCCOc1ccc(CNC(=O)C2(OC)CCNCC2)cc1. The molecule has 0 saturated carbocycles. The molecule has 1 saturated heterocycles. The Morgan fingerprint density at radius 1 is 1.15 bits per heavy atom. The third-order valence-electron chi connectivity index (χ3n) is 4.61. The molecule has 0 atom stereocenters. The standard InChI is InChI=1S/C19H28N2O5/c1-24-17(22)4-3-13-26-16-7-5-15(6-8-16)14-21-18(23)19(25-2)9-11-20-12-10-19/h5-8,20H,3-4,9-14H2,1-2H3,(H,21,23). The Balaban J connectivity index is 1.76. The van der Waals surface area contributed by atoms with E-state index < -0.39 is 5.60 Å². The summed E-state index contributed by atoms with van der Waals surface area (Å²) in [5, 5.41) is 6.21. The lowest BCUT2D eigenvalue weighted by Crippen LogP contribution is -2.53. The van der Waals surface area contributed by atoms with Gasteiger partial charge >= 0.3 is 5.97 Å². The van der Waals surface area contributed by atoms with Crippen LogP contribution in [0.4, 0.5) is 0 Å². The molecule has 144 valence electrons. The summed E-state index contributed by atoms with van der Waals surface area (Å²) in [6, 6.07) is 7.54. The fourth-order valence-corrected chi connectivity index (χ4v) is 2.91. The maximum absolute atomic E-state index is 12.5. The second kappa shape index (κ2) is 10.1. The summed E-state index contributed by atoms with van der Waals surface area (Å²) >= 11 is 0. The van der Waals surface area contributed by atoms with Crippen molar-refractivity contribution < 1.29 is 23.8 Å². The zero-order valence-corrected chi connectivity index (χ0v) is 15.5. The number of methoxy groups -OCH3 is 2. The zero-order valence-electron chi connectivity index (χ0n) is 15.5. The van der Waals surface area contributed by atoms with Gasteiger partial charge in [0.1, 0.15) is 11.4 Å². The van der Waals surface area contributed by atoms with Crippen LogP contribution in [0.1, 0.15) is 31.2 Å². The Bertz CT molecular complexity index is 582. The maximum atomic E-state index is 12.5. The molecule has 2 N–H and O–H groups in total. The van der Waals surface area contributed by atoms with Gasteiger partial charge in [-0.05, 0) is 50.0 Å². The van der Waals surface area contributed by atoms with Gasteiger partial charge in [-0.25, -0.2) is 0 Å². The average Bonchev–Trinajstić information content (AvgIpc) is 2.70. The Kier molecular flexibility index (Phi) is 7.87. The molecule has 7 nitrogen and oxygen atoms in total. The van der Waals surface area contributed by atoms with Gasteiger partial charge in [0.2, 0.25) is 0 Å². The van der Waals surface area contributed by atoms with Gasteiger partial charge in [-0.3, -0.25) is 9.59 Å². The maximum Gasteiger partial charge on any atom is 0.305 e. The van der Waals surface area contributed by atoms with Crippen LogP contribution >= 0.6 is 0 Å². The number of hydrogen-bond acceptors (Lipinski definition) is 6. The minimum atomic E-state index is -0.728. The summed E-state index contributed by atoms with van der Waals surface area (Å²) in [4.78, 5) is 23.5. The van der Waals surface area contributed by atoms with Crippen LogP contribution in [-0.2, 0) is 25.6 Å². The Hall–Kier alpha value is -2.12. The van der Waals surface area contributed by atoms with Crippen molar-refractivity contribution in [2.75, 3.05) is 33.9 Å². The predicted octanol–water partition coefficient (Wildman–Crippen LogP) is 1.40. The van der Waals surface area contributed by atoms with E-state index in [0.717, 1.165) is 24.4 Å². The van der Waals surface area contributed by atoms with E-state index in [1.165, 1.54) is 7.11 Å². The lowest BCUT2D eigenvalue weighted by atomic mass is 9.91. The minimum Gasteiger partial charge on any atom is -0.494 e. The van der Waals surface area contributed by atoms with Crippen LogP contribution < -0.4 is 15.4 Å². The van der Waals surface area contributed by atoms with E-state index in [0.29, 0.717) is 38.8 Å². The van der Waals surface area contributed by atoms with Crippen molar-refractivity contribution >= 4 is 11.9 Å². The van der Waals surface area contributed by atoms with E-state index in [1.54, 1.807) is 7.11 Å². The van der Waals surface area contributed by atoms with Crippen molar-refractivity contribution in [3.63, 3.8) is 0 Å². The van der Waals surface area contributed by atoms with Crippen LogP contribution in [-0.4, -0.2) is 51.4 Å². The molecule has 1 heterocycles. The van der Waals surface area contributed by atoms with Gasteiger partial charge in [-0.1, -0.05) is 12.1 Å². The molecule has 1 amide bonds. The number of amides is 1. The van der Waals surface area contributed by atoms with Crippen LogP contribution in [0.5, 0.6) is 5.75 Å². The molecular weight excluding hydrogens is 336 g/mol. The molecule has 0 bridgehead atoms. The molecule has 0 aliphatic carbocycles. The highest BCUT2D eigenvalue weighted by atomic mass is 16.5. The number of rotatable bonds is 9. The number of carbonyl (C=O) groups is 2. The van der Waals surface area contributed by atoms with Crippen LogP contribution in [0, 0.1) is 0 Å². The third kappa shape index (κ3) is 5.71. The molecule has 1 aromatic rings. The van der Waals surface area contributed by atoms with E-state index in [9.17, 15) is 9.59 Å². The van der Waals surface area contributed by atoms with Crippen molar-refractivity contribution in [3.05, 3.63) is 29.8 Å². The van der Waals surface area contributed by atoms with Gasteiger partial charge in [0.25, 0.3) is 5.91 Å². The van der Waals surface area contributed by atoms with Gasteiger partial charge < -0.3 is 24.8 Å². The Morgan fingerprint density at radius 3 is 2.46 bits per heavy atom. The van der Waals surface area contributed by atoms with Crippen LogP contribution in [0.25, 0.3) is 0 Å². The summed E-state index contributed by atoms with van der Waals surface area (Å²) in [5.41, 5.74) is 0.258. The van der Waals surface area contributed by atoms with Gasteiger partial charge in [0.05, 0.1) is 13.7 Å². The molecule has 1 aliphatic rings. The lowest BCUT2D eigenvalue weighted by Gasteiger charge is -2.34. The molecule has 1 aliphatic heterocycles. The highest BCUT2D eigenvalue weighted by molar-refractivity contribution is 5.85. The van der Waals surface area contributed by atoms with Crippen molar-refractivity contribution in [3.8, 4) is 5.75 Å². The normalized spacial score (nSPS) is 15.9. The average molecular weight is 364 g/mol. The highest BCUT2D eigenvalue weighted by Gasteiger charge is 2.39. The topological polar surface area (TPSA) is 85.9 Å². The molecule has 1 fully saturated rings. The first-order valence-corrected chi connectivity index (χ1v) is 8.92. The molecule has 1 aromatic carbocycles. The third-order valence-corrected chi connectivity index (χ3v) is 4.61. The van der Waals surface area contributed by atoms with E-state index >= 15 is 0 Å². The van der Waals surface area contributed by atoms with E-state index in [2.05, 4.69) is 15.4 Å². The van der Waals surface area contributed by atoms with E-state index in [1.807, 2.05) is 24.3 Å². The number of ether oxygens (including phenoxy) is 3. The Labute approximate surface area is 154 Å². The number of hydrogen-bond donors (Lipinski definition) is 2. The van der Waals surface area contributed by atoms with Gasteiger partial charge in [0, 0.05) is 20.1 Å². The quantitative estimate of drug-likeness (QED) is 0.509. The van der Waals surface area contributed by atoms with Crippen molar-refractivity contribution in [1.82, 2.24) is 10.6 Å². The van der Waals surface area contributed by atoms with Crippen molar-refractivity contribution in [2.24, 2.45) is 0 Å². The molecule has 7 heteroatoms. The lowest BCUT2D eigenvalue weighted by molar-refractivity contribution is -0.146. The molecule has 2 rings (SSSR count). The predicted molar refractivity (Wildman–Crippen MR) is 96.9 cm³/mol. The van der Waals surface area contributed by atoms with Crippen LogP contribution in [0.3, 0.4) is 0 Å². The first-order valence-electron chi connectivity index (χ1n) is 8.92. The van der Waals surface area contributed by atoms with E-state index in [-0.39, 0.29) is 11.9 Å². The van der Waals surface area contributed by atoms with Crippen LogP contribution in [0.2, 0.25) is 0 Å². The monoisotopic (exact) mass is 364 g/mol. The molecule has 0 radical (unpaired) electrons. The number of carbonyl (C=O) groups excluding carboxylic acids is 2. The van der Waals surface area contributed by atoms with Crippen LogP contribution in [0.15, 0.2) is 24.3 Å². The Morgan fingerprint density at radius 2 is 1.85 bits per heavy atom. The number of esters is 1. The first kappa shape index (κ1) is 20.2. The molecule has 0 aromatic heterocycles. The number of nitrogens with one attached hydrogen (secondary N) is 2. The van der Waals surface area contributed by atoms with Gasteiger partial charge in [0.15, 0.2) is 0 Å². The largest absolute Gasteiger partial charge is 0.494 e. The highest BCUT2D eigenvalue weighted by Crippen LogP contribution is 2.23. The second-order valence-corrected chi connectivity index (χ2v) is 6.30. The number of benzene rings is 1. The molecule has 0 unspecified atom stereocenters. The summed E-state index contributed by atoms with van der Waals surface area (Å²) in [5.74, 6) is 0.434. The smallest absolute Gasteiger partial charge is 0.305 e. The van der Waals surface area contributed by atoms with E-state index in [4.69, 9.17) is 9.47 Å². The fraction of sp³-hybridized carbons (Fsp3) is 0.579. The summed E-state index contributed by atoms with van der Waals surface area (Å²) in [6.45, 7) is 2.46. The molecule has 26 heavy (non-hydrogen) atoms. The second-order valence-electron chi connectivity index (χ2n) is 6.30.